The molecule has 0 aromatic heterocycles. The number of rotatable bonds is 2. The molecule has 0 aromatic rings. The number of nitrogens with zero attached hydrogens (tertiary/aromatic N) is 1. The van der Waals surface area contributed by atoms with Crippen LogP contribution in [0.2, 0.25) is 0 Å². The molecular weight excluding hydrogens is 152 g/mol. The van der Waals surface area contributed by atoms with Crippen molar-refractivity contribution in [3.05, 3.63) is 11.5 Å². The molecule has 0 fully saturated rings. The van der Waals surface area contributed by atoms with Crippen molar-refractivity contribution in [1.29, 1.82) is 0 Å². The summed E-state index contributed by atoms with van der Waals surface area (Å²) in [7, 11) is 4.13. The molecule has 3 heteroatoms. The standard InChI is InChI=1S/C8H17BNP/c1-7(6-9-10-11)5-8(2,3)4/h6H,5,11H2,1-4H3. The van der Waals surface area contributed by atoms with E-state index >= 15 is 0 Å². The van der Waals surface area contributed by atoms with E-state index in [2.05, 4.69) is 47.7 Å². The minimum atomic E-state index is 0.384. The minimum absolute atomic E-state index is 0.384. The molecule has 0 radical (unpaired) electrons. The van der Waals surface area contributed by atoms with Crippen molar-refractivity contribution >= 4 is 16.5 Å². The predicted molar refractivity (Wildman–Crippen MR) is 55.7 cm³/mol. The van der Waals surface area contributed by atoms with Gasteiger partial charge >= 0.3 is 72.2 Å². The fraction of sp³-hybridized carbons (Fsp3) is 0.750. The fourth-order valence-corrected chi connectivity index (χ4v) is 1.15. The van der Waals surface area contributed by atoms with Gasteiger partial charge in [0.2, 0.25) is 0 Å². The second kappa shape index (κ2) is 4.82. The molecule has 1 nitrogen and oxygen atoms in total. The second-order valence-corrected chi connectivity index (χ2v) is 4.35. The molecule has 0 N–H and O–H groups in total. The monoisotopic (exact) mass is 169 g/mol. The first-order valence-electron chi connectivity index (χ1n) is 3.85. The Morgan fingerprint density at radius 2 is 2.09 bits per heavy atom. The van der Waals surface area contributed by atoms with Crippen LogP contribution in [0.3, 0.4) is 0 Å². The van der Waals surface area contributed by atoms with E-state index in [1.165, 1.54) is 5.57 Å². The summed E-state index contributed by atoms with van der Waals surface area (Å²) >= 11 is 0. The Morgan fingerprint density at radius 3 is 2.45 bits per heavy atom. The Kier molecular flexibility index (Phi) is 4.84. The zero-order valence-corrected chi connectivity index (χ0v) is 9.04. The summed E-state index contributed by atoms with van der Waals surface area (Å²) in [6.07, 6.45) is 1.13. The summed E-state index contributed by atoms with van der Waals surface area (Å²) in [5.41, 5.74) is 1.76. The zero-order chi connectivity index (χ0) is 8.91. The van der Waals surface area contributed by atoms with Crippen LogP contribution in [0.1, 0.15) is 34.1 Å². The Hall–Kier alpha value is 0.0349. The van der Waals surface area contributed by atoms with Gasteiger partial charge in [0.15, 0.2) is 0 Å². The molecular formula is C8H17BNP. The first-order chi connectivity index (χ1) is 4.95. The number of hydrogen-bond acceptors (Lipinski definition) is 1. The topological polar surface area (TPSA) is 12.4 Å². The van der Waals surface area contributed by atoms with Gasteiger partial charge in [0, 0.05) is 0 Å². The SMILES string of the molecule is CC(=CB=NP)CC(C)(C)C. The summed E-state index contributed by atoms with van der Waals surface area (Å²) in [6.45, 7) is 8.85. The Morgan fingerprint density at radius 1 is 1.55 bits per heavy atom. The van der Waals surface area contributed by atoms with E-state index in [9.17, 15) is 0 Å². The summed E-state index contributed by atoms with van der Waals surface area (Å²) in [5.74, 6) is 2.05. The van der Waals surface area contributed by atoms with Crippen LogP contribution in [0.25, 0.3) is 0 Å². The van der Waals surface area contributed by atoms with Crippen LogP contribution in [-0.2, 0) is 0 Å². The van der Waals surface area contributed by atoms with Gasteiger partial charge in [-0.1, -0.05) is 0 Å². The van der Waals surface area contributed by atoms with E-state index in [-0.39, 0.29) is 0 Å². The van der Waals surface area contributed by atoms with Gasteiger partial charge in [-0.2, -0.15) is 0 Å². The van der Waals surface area contributed by atoms with Crippen LogP contribution >= 0.6 is 9.39 Å². The van der Waals surface area contributed by atoms with Gasteiger partial charge in [0.25, 0.3) is 0 Å². The van der Waals surface area contributed by atoms with Gasteiger partial charge < -0.3 is 0 Å². The molecule has 11 heavy (non-hydrogen) atoms. The Balaban J connectivity index is 3.96. The fourth-order valence-electron chi connectivity index (χ4n) is 1.07. The quantitative estimate of drug-likeness (QED) is 0.445. The normalized spacial score (nSPS) is 13.7. The third-order valence-corrected chi connectivity index (χ3v) is 1.43. The predicted octanol–water partition coefficient (Wildman–Crippen LogP) is 3.00. The number of allylic oxidation sites excluding steroid dienone is 1. The third kappa shape index (κ3) is 7.94. The molecule has 1 atom stereocenters. The molecule has 1 unspecified atom stereocenters. The maximum absolute atomic E-state index is 3.82. The van der Waals surface area contributed by atoms with E-state index in [1.807, 2.05) is 7.07 Å². The summed E-state index contributed by atoms with van der Waals surface area (Å²) < 4.78 is 3.82. The second-order valence-electron chi connectivity index (χ2n) is 4.05. The molecule has 0 amide bonds. The molecule has 0 aromatic carbocycles. The van der Waals surface area contributed by atoms with Crippen molar-refractivity contribution in [2.24, 2.45) is 10.1 Å². The van der Waals surface area contributed by atoms with Crippen LogP contribution in [0.15, 0.2) is 16.2 Å². The van der Waals surface area contributed by atoms with Crippen molar-refractivity contribution in [3.8, 4) is 0 Å². The molecule has 62 valence electrons. The molecule has 0 spiro atoms. The average molecular weight is 169 g/mol. The van der Waals surface area contributed by atoms with Gasteiger partial charge in [0.05, 0.1) is 0 Å². The van der Waals surface area contributed by atoms with E-state index in [0.717, 1.165) is 6.42 Å². The summed E-state index contributed by atoms with van der Waals surface area (Å²) in [5, 5.41) is 0. The first kappa shape index (κ1) is 11.0. The van der Waals surface area contributed by atoms with Crippen LogP contribution in [-0.4, -0.2) is 7.07 Å². The van der Waals surface area contributed by atoms with Crippen molar-refractivity contribution in [2.45, 2.75) is 34.1 Å². The van der Waals surface area contributed by atoms with E-state index in [0.29, 0.717) is 5.41 Å². The number of hydrogen-bond donors (Lipinski definition) is 0. The molecule has 0 rings (SSSR count). The molecule has 0 aliphatic carbocycles. The van der Waals surface area contributed by atoms with Crippen molar-refractivity contribution in [2.75, 3.05) is 0 Å². The molecule has 0 aliphatic heterocycles. The zero-order valence-electron chi connectivity index (χ0n) is 7.89. The average Bonchev–Trinajstić information content (AvgIpc) is 1.79. The maximum atomic E-state index is 3.82. The third-order valence-electron chi connectivity index (χ3n) is 1.25. The Labute approximate surface area is 72.9 Å². The van der Waals surface area contributed by atoms with E-state index in [4.69, 9.17) is 0 Å². The van der Waals surface area contributed by atoms with E-state index < -0.39 is 0 Å². The molecule has 0 saturated heterocycles. The first-order valence-corrected chi connectivity index (χ1v) is 4.36. The van der Waals surface area contributed by atoms with E-state index in [1.54, 1.807) is 0 Å². The summed E-state index contributed by atoms with van der Waals surface area (Å²) in [6, 6.07) is 0. The van der Waals surface area contributed by atoms with Crippen LogP contribution in [0.5, 0.6) is 0 Å². The van der Waals surface area contributed by atoms with Gasteiger partial charge in [-0.05, 0) is 0 Å². The molecule has 0 saturated carbocycles. The van der Waals surface area contributed by atoms with Gasteiger partial charge in [-0.15, -0.1) is 0 Å². The Bertz CT molecular complexity index is 167. The summed E-state index contributed by atoms with van der Waals surface area (Å²) in [4.78, 5) is 0. The molecule has 0 aliphatic rings. The van der Waals surface area contributed by atoms with Crippen LogP contribution in [0, 0.1) is 5.41 Å². The van der Waals surface area contributed by atoms with Gasteiger partial charge in [-0.3, -0.25) is 0 Å². The van der Waals surface area contributed by atoms with Crippen molar-refractivity contribution < 1.29 is 0 Å². The van der Waals surface area contributed by atoms with Gasteiger partial charge in [0.1, 0.15) is 0 Å². The van der Waals surface area contributed by atoms with Crippen molar-refractivity contribution in [3.63, 3.8) is 0 Å². The van der Waals surface area contributed by atoms with Crippen molar-refractivity contribution in [1.82, 2.24) is 0 Å². The van der Waals surface area contributed by atoms with Crippen LogP contribution in [0.4, 0.5) is 0 Å². The van der Waals surface area contributed by atoms with Crippen LogP contribution < -0.4 is 0 Å². The molecule has 0 heterocycles. The molecule has 0 bridgehead atoms. The van der Waals surface area contributed by atoms with Gasteiger partial charge in [-0.25, -0.2) is 0 Å².